The lowest BCUT2D eigenvalue weighted by atomic mass is 10.2. The Bertz CT molecular complexity index is 699. The summed E-state index contributed by atoms with van der Waals surface area (Å²) in [4.78, 5) is 26.8. The van der Waals surface area contributed by atoms with E-state index in [1.165, 1.54) is 23.1 Å². The molecule has 22 heavy (non-hydrogen) atoms. The molecule has 1 heterocycles. The zero-order valence-corrected chi connectivity index (χ0v) is 12.0. The second kappa shape index (κ2) is 6.31. The maximum absolute atomic E-state index is 10.9. The maximum atomic E-state index is 10.9. The van der Waals surface area contributed by atoms with Gasteiger partial charge in [0, 0.05) is 17.7 Å². The normalized spacial score (nSPS) is 12.3. The number of nitro benzene ring substituents is 1. The van der Waals surface area contributed by atoms with Gasteiger partial charge in [-0.3, -0.25) is 19.8 Å². The average Bonchev–Trinajstić information content (AvgIpc) is 2.94. The lowest BCUT2D eigenvalue weighted by molar-refractivity contribution is -0.384. The molecule has 1 N–H and O–H groups in total. The fourth-order valence-corrected chi connectivity index (χ4v) is 1.73. The van der Waals surface area contributed by atoms with Crippen molar-refractivity contribution in [1.29, 1.82) is 0 Å². The largest absolute Gasteiger partial charge is 0.480 e. The maximum Gasteiger partial charge on any atom is 0.320 e. The van der Waals surface area contributed by atoms with E-state index in [9.17, 15) is 14.9 Å². The van der Waals surface area contributed by atoms with Crippen molar-refractivity contribution in [3.05, 3.63) is 40.3 Å². The number of hydrogen-bond acceptors (Lipinski definition) is 7. The lowest BCUT2D eigenvalue weighted by Crippen LogP contribution is -2.35. The molecule has 0 aliphatic carbocycles. The molecule has 0 radical (unpaired) electrons. The SMILES string of the molecule is CC(C(=O)O)N(C)Cc1nc(-c2cccc([N+](=O)[O-])c2)no1. The number of aromatic nitrogens is 2. The van der Waals surface area contributed by atoms with Gasteiger partial charge in [0.05, 0.1) is 11.5 Å². The van der Waals surface area contributed by atoms with Crippen molar-refractivity contribution in [2.75, 3.05) is 7.05 Å². The number of likely N-dealkylation sites (N-methyl/N-ethyl adjacent to an activating group) is 1. The Labute approximate surface area is 125 Å². The van der Waals surface area contributed by atoms with E-state index in [1.54, 1.807) is 20.0 Å². The molecule has 0 fully saturated rings. The van der Waals surface area contributed by atoms with E-state index in [1.807, 2.05) is 0 Å². The summed E-state index contributed by atoms with van der Waals surface area (Å²) >= 11 is 0. The summed E-state index contributed by atoms with van der Waals surface area (Å²) in [5.41, 5.74) is 0.388. The molecule has 9 heteroatoms. The highest BCUT2D eigenvalue weighted by Gasteiger charge is 2.20. The highest BCUT2D eigenvalue weighted by atomic mass is 16.6. The molecule has 116 valence electrons. The van der Waals surface area contributed by atoms with Crippen molar-refractivity contribution >= 4 is 11.7 Å². The molecular formula is C13H14N4O5. The monoisotopic (exact) mass is 306 g/mol. The first-order chi connectivity index (χ1) is 10.4. The first-order valence-corrected chi connectivity index (χ1v) is 6.39. The number of non-ortho nitro benzene ring substituents is 1. The fraction of sp³-hybridized carbons (Fsp3) is 0.308. The van der Waals surface area contributed by atoms with Gasteiger partial charge < -0.3 is 9.63 Å². The number of hydrogen-bond donors (Lipinski definition) is 1. The number of aliphatic carboxylic acids is 1. The number of carboxylic acids is 1. The van der Waals surface area contributed by atoms with Crippen LogP contribution < -0.4 is 0 Å². The zero-order valence-electron chi connectivity index (χ0n) is 12.0. The van der Waals surface area contributed by atoms with Crippen LogP contribution in [0.15, 0.2) is 28.8 Å². The van der Waals surface area contributed by atoms with E-state index in [-0.39, 0.29) is 23.9 Å². The van der Waals surface area contributed by atoms with Gasteiger partial charge in [-0.1, -0.05) is 17.3 Å². The van der Waals surface area contributed by atoms with Gasteiger partial charge in [-0.25, -0.2) is 0 Å². The second-order valence-corrected chi connectivity index (χ2v) is 4.75. The molecule has 1 unspecified atom stereocenters. The Morgan fingerprint density at radius 3 is 2.91 bits per heavy atom. The molecular weight excluding hydrogens is 292 g/mol. The Morgan fingerprint density at radius 2 is 2.27 bits per heavy atom. The van der Waals surface area contributed by atoms with Crippen molar-refractivity contribution in [2.45, 2.75) is 19.5 Å². The number of benzene rings is 1. The smallest absolute Gasteiger partial charge is 0.320 e. The van der Waals surface area contributed by atoms with Crippen LogP contribution in [0.25, 0.3) is 11.4 Å². The van der Waals surface area contributed by atoms with Crippen LogP contribution in [0, 0.1) is 10.1 Å². The zero-order chi connectivity index (χ0) is 16.3. The second-order valence-electron chi connectivity index (χ2n) is 4.75. The van der Waals surface area contributed by atoms with Crippen molar-refractivity contribution in [2.24, 2.45) is 0 Å². The fourth-order valence-electron chi connectivity index (χ4n) is 1.73. The molecule has 1 atom stereocenters. The quantitative estimate of drug-likeness (QED) is 0.630. The van der Waals surface area contributed by atoms with E-state index in [0.717, 1.165) is 0 Å². The van der Waals surface area contributed by atoms with Crippen LogP contribution in [0.1, 0.15) is 12.8 Å². The summed E-state index contributed by atoms with van der Waals surface area (Å²) in [5.74, 6) is -0.506. The predicted molar refractivity (Wildman–Crippen MR) is 75.0 cm³/mol. The molecule has 0 bridgehead atoms. The van der Waals surface area contributed by atoms with E-state index < -0.39 is 16.9 Å². The van der Waals surface area contributed by atoms with Crippen LogP contribution in [-0.4, -0.2) is 44.1 Å². The summed E-state index contributed by atoms with van der Waals surface area (Å²) < 4.78 is 5.05. The van der Waals surface area contributed by atoms with Crippen LogP contribution in [0.4, 0.5) is 5.69 Å². The van der Waals surface area contributed by atoms with E-state index in [2.05, 4.69) is 10.1 Å². The molecule has 2 aromatic rings. The van der Waals surface area contributed by atoms with Gasteiger partial charge >= 0.3 is 5.97 Å². The van der Waals surface area contributed by atoms with E-state index >= 15 is 0 Å². The number of nitro groups is 1. The van der Waals surface area contributed by atoms with Gasteiger partial charge in [-0.05, 0) is 14.0 Å². The van der Waals surface area contributed by atoms with Crippen LogP contribution in [0.2, 0.25) is 0 Å². The first-order valence-electron chi connectivity index (χ1n) is 6.39. The minimum Gasteiger partial charge on any atom is -0.480 e. The van der Waals surface area contributed by atoms with Crippen LogP contribution in [-0.2, 0) is 11.3 Å². The van der Waals surface area contributed by atoms with Gasteiger partial charge in [0.25, 0.3) is 5.69 Å². The average molecular weight is 306 g/mol. The van der Waals surface area contributed by atoms with Gasteiger partial charge in [-0.2, -0.15) is 4.98 Å². The van der Waals surface area contributed by atoms with Crippen molar-refractivity contribution < 1.29 is 19.3 Å². The standard InChI is InChI=1S/C13H14N4O5/c1-8(13(18)19)16(2)7-11-14-12(15-22-11)9-4-3-5-10(6-9)17(20)21/h3-6,8H,7H2,1-2H3,(H,18,19). The highest BCUT2D eigenvalue weighted by molar-refractivity contribution is 5.72. The summed E-state index contributed by atoms with van der Waals surface area (Å²) in [6.45, 7) is 1.70. The van der Waals surface area contributed by atoms with E-state index in [4.69, 9.17) is 9.63 Å². The van der Waals surface area contributed by atoms with Gasteiger partial charge in [0.1, 0.15) is 6.04 Å². The molecule has 1 aromatic carbocycles. The third-order valence-corrected chi connectivity index (χ3v) is 3.19. The third kappa shape index (κ3) is 3.44. The molecule has 0 aliphatic rings. The van der Waals surface area contributed by atoms with Crippen LogP contribution in [0.5, 0.6) is 0 Å². The highest BCUT2D eigenvalue weighted by Crippen LogP contribution is 2.21. The van der Waals surface area contributed by atoms with Crippen LogP contribution >= 0.6 is 0 Å². The molecule has 0 spiro atoms. The molecule has 0 aliphatic heterocycles. The van der Waals surface area contributed by atoms with Crippen molar-refractivity contribution in [3.63, 3.8) is 0 Å². The minimum atomic E-state index is -0.957. The van der Waals surface area contributed by atoms with Gasteiger partial charge in [-0.15, -0.1) is 0 Å². The topological polar surface area (TPSA) is 123 Å². The number of rotatable bonds is 6. The Balaban J connectivity index is 2.16. The van der Waals surface area contributed by atoms with Crippen molar-refractivity contribution in [1.82, 2.24) is 15.0 Å². The summed E-state index contributed by atoms with van der Waals surface area (Å²) in [7, 11) is 1.62. The Morgan fingerprint density at radius 1 is 1.55 bits per heavy atom. The number of carbonyl (C=O) groups is 1. The number of carboxylic acid groups (broad SMARTS) is 1. The van der Waals surface area contributed by atoms with E-state index in [0.29, 0.717) is 5.56 Å². The lowest BCUT2D eigenvalue weighted by Gasteiger charge is -2.18. The van der Waals surface area contributed by atoms with Crippen molar-refractivity contribution in [3.8, 4) is 11.4 Å². The molecule has 9 nitrogen and oxygen atoms in total. The molecule has 2 rings (SSSR count). The van der Waals surface area contributed by atoms with Gasteiger partial charge in [0.2, 0.25) is 11.7 Å². The van der Waals surface area contributed by atoms with Gasteiger partial charge in [0.15, 0.2) is 0 Å². The molecule has 0 amide bonds. The summed E-state index contributed by atoms with van der Waals surface area (Å²) in [6, 6.07) is 5.17. The Hall–Kier alpha value is -2.81. The number of nitrogens with zero attached hydrogens (tertiary/aromatic N) is 4. The molecule has 0 saturated heterocycles. The summed E-state index contributed by atoms with van der Waals surface area (Å²) in [6.07, 6.45) is 0. The first kappa shape index (κ1) is 15.6. The summed E-state index contributed by atoms with van der Waals surface area (Å²) in [5, 5.41) is 23.4. The Kier molecular flexibility index (Phi) is 4.47. The molecule has 1 aromatic heterocycles. The minimum absolute atomic E-state index is 0.0690. The predicted octanol–water partition coefficient (Wildman–Crippen LogP) is 1.55. The molecule has 0 saturated carbocycles. The third-order valence-electron chi connectivity index (χ3n) is 3.19. The van der Waals surface area contributed by atoms with Crippen LogP contribution in [0.3, 0.4) is 0 Å².